The third-order valence-electron chi connectivity index (χ3n) is 5.63. The van der Waals surface area contributed by atoms with Gasteiger partial charge in [0.25, 0.3) is 11.8 Å². The van der Waals surface area contributed by atoms with E-state index in [1.54, 1.807) is 0 Å². The first-order valence-corrected chi connectivity index (χ1v) is 10.3. The molecule has 1 aromatic carbocycles. The lowest BCUT2D eigenvalue weighted by Crippen LogP contribution is -2.72. The van der Waals surface area contributed by atoms with Gasteiger partial charge >= 0.3 is 5.97 Å². The highest BCUT2D eigenvalue weighted by molar-refractivity contribution is 5.94. The topological polar surface area (TPSA) is 188 Å². The SMILES string of the molecule is O=C[C@H](CC(=O)O)NC(=O)C1CNCN2C(=O)CCC(NC(=O)c3ccc(O)cc3)[N+]2([O-])C1. The number of carbonyl (C=O) groups is 5. The number of nitrogens with one attached hydrogen (secondary N) is 3. The van der Waals surface area contributed by atoms with Gasteiger partial charge in [-0.15, -0.1) is 0 Å². The summed E-state index contributed by atoms with van der Waals surface area (Å²) in [6.45, 7) is -0.553. The number of quaternary nitrogens is 1. The number of hydroxylamine groups is 2. The van der Waals surface area contributed by atoms with Crippen LogP contribution in [0.25, 0.3) is 0 Å². The molecule has 0 saturated carbocycles. The fraction of sp³-hybridized carbons (Fsp3) is 0.450. The molecule has 0 aromatic heterocycles. The molecule has 1 aromatic rings. The molecule has 2 saturated heterocycles. The third kappa shape index (κ3) is 5.45. The van der Waals surface area contributed by atoms with Crippen molar-refractivity contribution in [3.8, 4) is 5.75 Å². The van der Waals surface area contributed by atoms with Gasteiger partial charge in [-0.25, -0.2) is 4.76 Å². The zero-order chi connectivity index (χ0) is 24.2. The molecule has 3 amide bonds. The normalized spacial score (nSPS) is 25.8. The van der Waals surface area contributed by atoms with Gasteiger partial charge in [-0.3, -0.25) is 24.5 Å². The van der Waals surface area contributed by atoms with Gasteiger partial charge in [0, 0.05) is 24.9 Å². The van der Waals surface area contributed by atoms with Crippen molar-refractivity contribution >= 4 is 30.0 Å². The molecule has 2 aliphatic heterocycles. The highest BCUT2D eigenvalue weighted by Gasteiger charge is 2.48. The van der Waals surface area contributed by atoms with E-state index >= 15 is 0 Å². The first kappa shape index (κ1) is 24.1. The number of fused-ring (bicyclic) bond motifs is 1. The number of aldehydes is 1. The van der Waals surface area contributed by atoms with Gasteiger partial charge < -0.3 is 30.8 Å². The highest BCUT2D eigenvalue weighted by Crippen LogP contribution is 2.29. The van der Waals surface area contributed by atoms with E-state index in [-0.39, 0.29) is 37.4 Å². The van der Waals surface area contributed by atoms with E-state index in [2.05, 4.69) is 16.0 Å². The first-order valence-electron chi connectivity index (χ1n) is 10.3. The molecule has 13 heteroatoms. The lowest BCUT2D eigenvalue weighted by molar-refractivity contribution is -1.01. The number of nitrogens with zero attached hydrogens (tertiary/aromatic N) is 2. The molecule has 178 valence electrons. The quantitative estimate of drug-likeness (QED) is 0.185. The summed E-state index contributed by atoms with van der Waals surface area (Å²) in [6.07, 6.45) is -1.31. The molecule has 3 rings (SSSR count). The maximum absolute atomic E-state index is 13.9. The number of hydrogen-bond acceptors (Lipinski definition) is 8. The Morgan fingerprint density at radius 2 is 2.00 bits per heavy atom. The van der Waals surface area contributed by atoms with Crippen LogP contribution < -0.4 is 16.0 Å². The van der Waals surface area contributed by atoms with Crippen LogP contribution in [0.5, 0.6) is 5.75 Å². The second-order valence-corrected chi connectivity index (χ2v) is 7.96. The minimum Gasteiger partial charge on any atom is -0.604 e. The maximum Gasteiger partial charge on any atom is 0.305 e. The van der Waals surface area contributed by atoms with Gasteiger partial charge in [-0.2, -0.15) is 5.01 Å². The van der Waals surface area contributed by atoms with Crippen molar-refractivity contribution < 1.29 is 38.9 Å². The molecular weight excluding hydrogens is 438 g/mol. The first-order chi connectivity index (χ1) is 15.6. The average Bonchev–Trinajstić information content (AvgIpc) is 2.95. The van der Waals surface area contributed by atoms with Gasteiger partial charge in [0.15, 0.2) is 6.17 Å². The summed E-state index contributed by atoms with van der Waals surface area (Å²) in [6, 6.07) is 4.15. The van der Waals surface area contributed by atoms with Crippen LogP contribution in [0.15, 0.2) is 24.3 Å². The Morgan fingerprint density at radius 1 is 1.30 bits per heavy atom. The molecular formula is C20H25N5O8. The molecule has 0 bridgehead atoms. The van der Waals surface area contributed by atoms with Crippen LogP contribution in [0.1, 0.15) is 29.6 Å². The minimum absolute atomic E-state index is 0.00906. The third-order valence-corrected chi connectivity index (χ3v) is 5.63. The zero-order valence-electron chi connectivity index (χ0n) is 17.6. The smallest absolute Gasteiger partial charge is 0.305 e. The molecule has 2 fully saturated rings. The predicted octanol–water partition coefficient (Wildman–Crippen LogP) is -1.36. The average molecular weight is 463 g/mol. The Bertz CT molecular complexity index is 939. The van der Waals surface area contributed by atoms with Crippen molar-refractivity contribution in [3.05, 3.63) is 35.0 Å². The minimum atomic E-state index is -1.31. The van der Waals surface area contributed by atoms with E-state index in [0.717, 1.165) is 5.01 Å². The van der Waals surface area contributed by atoms with E-state index < -0.39 is 59.5 Å². The van der Waals surface area contributed by atoms with E-state index in [1.165, 1.54) is 24.3 Å². The van der Waals surface area contributed by atoms with Crippen molar-refractivity contribution in [2.24, 2.45) is 5.92 Å². The van der Waals surface area contributed by atoms with Gasteiger partial charge in [-0.1, -0.05) is 0 Å². The fourth-order valence-corrected chi connectivity index (χ4v) is 3.92. The monoisotopic (exact) mass is 463 g/mol. The fourth-order valence-electron chi connectivity index (χ4n) is 3.92. The van der Waals surface area contributed by atoms with Crippen LogP contribution in [-0.4, -0.2) is 81.9 Å². The molecule has 4 atom stereocenters. The number of carboxylic acids is 1. The molecule has 0 spiro atoms. The summed E-state index contributed by atoms with van der Waals surface area (Å²) in [5, 5.41) is 41.0. The van der Waals surface area contributed by atoms with Crippen molar-refractivity contribution in [2.75, 3.05) is 19.8 Å². The van der Waals surface area contributed by atoms with E-state index in [9.17, 15) is 34.3 Å². The summed E-state index contributed by atoms with van der Waals surface area (Å²) in [5.41, 5.74) is 0.201. The molecule has 3 unspecified atom stereocenters. The van der Waals surface area contributed by atoms with Gasteiger partial charge in [0.05, 0.1) is 12.5 Å². The lowest BCUT2D eigenvalue weighted by atomic mass is 10.1. The number of amides is 3. The van der Waals surface area contributed by atoms with Crippen molar-refractivity contribution in [3.63, 3.8) is 0 Å². The predicted molar refractivity (Wildman–Crippen MR) is 111 cm³/mol. The number of carboxylic acid groups (broad SMARTS) is 1. The number of phenols is 1. The number of carbonyl (C=O) groups excluding carboxylic acids is 4. The van der Waals surface area contributed by atoms with Gasteiger partial charge in [0.2, 0.25) is 5.91 Å². The molecule has 33 heavy (non-hydrogen) atoms. The van der Waals surface area contributed by atoms with Crippen LogP contribution >= 0.6 is 0 Å². The number of phenolic OH excluding ortho intramolecular Hbond substituents is 1. The van der Waals surface area contributed by atoms with E-state index in [0.29, 0.717) is 6.29 Å². The highest BCUT2D eigenvalue weighted by atomic mass is 16.6. The number of aromatic hydroxyl groups is 1. The number of rotatable bonds is 7. The maximum atomic E-state index is 13.9. The number of benzene rings is 1. The Balaban J connectivity index is 1.79. The number of hydrogen-bond donors (Lipinski definition) is 5. The van der Waals surface area contributed by atoms with E-state index in [1.807, 2.05) is 0 Å². The van der Waals surface area contributed by atoms with Crippen LogP contribution in [-0.2, 0) is 19.2 Å². The van der Waals surface area contributed by atoms with Crippen LogP contribution in [0.3, 0.4) is 0 Å². The Labute approximate surface area is 188 Å². The molecule has 2 aliphatic rings. The summed E-state index contributed by atoms with van der Waals surface area (Å²) in [4.78, 5) is 59.8. The summed E-state index contributed by atoms with van der Waals surface area (Å²) in [5.74, 6) is -4.03. The Morgan fingerprint density at radius 3 is 2.64 bits per heavy atom. The Hall–Kier alpha value is -3.55. The Kier molecular flexibility index (Phi) is 7.26. The van der Waals surface area contributed by atoms with Crippen molar-refractivity contribution in [1.82, 2.24) is 21.0 Å². The molecule has 2 heterocycles. The molecule has 0 radical (unpaired) electrons. The lowest BCUT2D eigenvalue weighted by Gasteiger charge is -2.55. The van der Waals surface area contributed by atoms with Crippen molar-refractivity contribution in [1.29, 1.82) is 0 Å². The van der Waals surface area contributed by atoms with Gasteiger partial charge in [0.1, 0.15) is 31.2 Å². The zero-order valence-corrected chi connectivity index (χ0v) is 17.6. The second kappa shape index (κ2) is 9.94. The van der Waals surface area contributed by atoms with Crippen LogP contribution in [0, 0.1) is 11.1 Å². The molecule has 0 aliphatic carbocycles. The van der Waals surface area contributed by atoms with Crippen LogP contribution in [0.4, 0.5) is 0 Å². The standard InChI is InChI=1S/C20H25N5O8/c26-10-14(7-18(29)30)22-20(32)13-8-21-11-24-17(28)6-5-16(25(24,33)9-13)23-19(31)12-1-3-15(27)4-2-12/h1-4,10,13-14,16,21,27H,5-9,11H2,(H,22,32)(H,23,31)(H,29,30)/t13?,14-,16?,25?/m0/s1. The van der Waals surface area contributed by atoms with Gasteiger partial charge in [-0.05, 0) is 24.3 Å². The van der Waals surface area contributed by atoms with Crippen LogP contribution in [0.2, 0.25) is 0 Å². The molecule has 5 N–H and O–H groups in total. The number of aliphatic carboxylic acids is 1. The van der Waals surface area contributed by atoms with Crippen molar-refractivity contribution in [2.45, 2.75) is 31.5 Å². The molecule has 13 nitrogen and oxygen atoms in total. The van der Waals surface area contributed by atoms with E-state index in [4.69, 9.17) is 5.11 Å². The largest absolute Gasteiger partial charge is 0.604 e. The second-order valence-electron chi connectivity index (χ2n) is 7.96. The summed E-state index contributed by atoms with van der Waals surface area (Å²) < 4.78 is -1.31. The summed E-state index contributed by atoms with van der Waals surface area (Å²) in [7, 11) is 0. The summed E-state index contributed by atoms with van der Waals surface area (Å²) >= 11 is 0.